The topological polar surface area (TPSA) is 24.6 Å². The molecule has 4 nitrogen and oxygen atoms in total. The Kier molecular flexibility index (Phi) is 12.3. The molecule has 2 aromatic heterocycles. The van der Waals surface area contributed by atoms with E-state index in [0.29, 0.717) is 6.42 Å². The van der Waals surface area contributed by atoms with Gasteiger partial charge in [-0.1, -0.05) is 260 Å². The first-order chi connectivity index (χ1) is 50.8. The first-order valence-corrected chi connectivity index (χ1v) is 36.8. The van der Waals surface area contributed by atoms with Crippen molar-refractivity contribution in [3.8, 4) is 5.69 Å². The SMILES string of the molecule is CC(C)(C)c1ccc2c(c1)c1cc(C(C)(C)C)ccc1n2-c1ccc2c(c1)N(c1ccc3c4ccccc4c4ccccc4c3c1)c1cc(Cc3cccc4c3oc3ccccc34)cc3c1B2c1cc2c4ccccc4c4ccccc4c2cc1N3c1ccc2c3ccccc3c3ccccc3c2c1. The summed E-state index contributed by atoms with van der Waals surface area (Å²) >= 11 is 0. The minimum Gasteiger partial charge on any atom is -0.456 e. The van der Waals surface area contributed by atoms with Gasteiger partial charge in [0.15, 0.2) is 0 Å². The van der Waals surface area contributed by atoms with Gasteiger partial charge in [0.1, 0.15) is 11.2 Å². The Morgan fingerprint density at radius 1 is 0.279 bits per heavy atom. The summed E-state index contributed by atoms with van der Waals surface area (Å²) in [5.41, 5.74) is 20.8. The molecule has 104 heavy (non-hydrogen) atoms. The molecule has 22 rings (SSSR count). The number of para-hydroxylation sites is 2. The number of fused-ring (bicyclic) bond motifs is 28. The number of benzene rings is 18. The van der Waals surface area contributed by atoms with E-state index in [4.69, 9.17) is 4.42 Å². The van der Waals surface area contributed by atoms with Crippen LogP contribution in [0.5, 0.6) is 0 Å². The molecule has 5 heteroatoms. The molecular weight excluding hydrogens is 1260 g/mol. The molecular formula is C99H70BN3O. The third kappa shape index (κ3) is 8.50. The van der Waals surface area contributed by atoms with E-state index >= 15 is 0 Å². The molecule has 0 bridgehead atoms. The van der Waals surface area contributed by atoms with E-state index in [9.17, 15) is 0 Å². The number of anilines is 6. The molecule has 0 fully saturated rings. The Hall–Kier alpha value is -12.4. The lowest BCUT2D eigenvalue weighted by Crippen LogP contribution is -2.61. The molecule has 0 saturated carbocycles. The summed E-state index contributed by atoms with van der Waals surface area (Å²) in [6.07, 6.45) is 0.620. The second-order valence-corrected chi connectivity index (χ2v) is 31.5. The van der Waals surface area contributed by atoms with Crippen LogP contribution in [0.1, 0.15) is 63.8 Å². The van der Waals surface area contributed by atoms with Crippen molar-refractivity contribution in [2.75, 3.05) is 9.80 Å². The Balaban J connectivity index is 0.893. The van der Waals surface area contributed by atoms with Gasteiger partial charge >= 0.3 is 0 Å². The second-order valence-electron chi connectivity index (χ2n) is 31.5. The van der Waals surface area contributed by atoms with Gasteiger partial charge in [0.05, 0.1) is 11.0 Å². The molecule has 0 unspecified atom stereocenters. The molecule has 0 radical (unpaired) electrons. The van der Waals surface area contributed by atoms with Crippen LogP contribution in [0.4, 0.5) is 34.1 Å². The monoisotopic (exact) mass is 1330 g/mol. The number of hydrogen-bond donors (Lipinski definition) is 0. The zero-order valence-electron chi connectivity index (χ0n) is 58.9. The van der Waals surface area contributed by atoms with E-state index in [1.54, 1.807) is 0 Å². The summed E-state index contributed by atoms with van der Waals surface area (Å²) in [7, 11) is 0. The molecule has 0 spiro atoms. The second kappa shape index (κ2) is 21.6. The van der Waals surface area contributed by atoms with Crippen molar-refractivity contribution in [1.29, 1.82) is 0 Å². The van der Waals surface area contributed by atoms with Crippen LogP contribution in [0.25, 0.3) is 146 Å². The zero-order valence-corrected chi connectivity index (χ0v) is 58.9. The lowest BCUT2D eigenvalue weighted by atomic mass is 9.33. The van der Waals surface area contributed by atoms with E-state index in [2.05, 4.69) is 359 Å². The minimum atomic E-state index is -0.216. The number of hydrogen-bond acceptors (Lipinski definition) is 3. The van der Waals surface area contributed by atoms with Crippen LogP contribution in [-0.4, -0.2) is 11.3 Å². The summed E-state index contributed by atoms with van der Waals surface area (Å²) in [5.74, 6) is 0. The fraction of sp³-hybridized carbons (Fsp3) is 0.0909. The highest BCUT2D eigenvalue weighted by molar-refractivity contribution is 7.00. The maximum absolute atomic E-state index is 6.98. The molecule has 0 aliphatic carbocycles. The minimum absolute atomic E-state index is 0.0497. The van der Waals surface area contributed by atoms with Gasteiger partial charge in [-0.2, -0.15) is 0 Å². The van der Waals surface area contributed by atoms with Gasteiger partial charge < -0.3 is 18.8 Å². The van der Waals surface area contributed by atoms with Gasteiger partial charge in [0.2, 0.25) is 0 Å². The quantitative estimate of drug-likeness (QED) is 0.127. The molecule has 20 aromatic rings. The highest BCUT2D eigenvalue weighted by Gasteiger charge is 2.45. The molecule has 4 heterocycles. The van der Waals surface area contributed by atoms with Crippen LogP contribution in [-0.2, 0) is 17.3 Å². The van der Waals surface area contributed by atoms with Gasteiger partial charge in [0.25, 0.3) is 6.71 Å². The maximum atomic E-state index is 6.98. The van der Waals surface area contributed by atoms with Crippen LogP contribution in [0, 0.1) is 0 Å². The largest absolute Gasteiger partial charge is 0.456 e. The molecule has 490 valence electrons. The van der Waals surface area contributed by atoms with Crippen LogP contribution in [0.2, 0.25) is 0 Å². The van der Waals surface area contributed by atoms with Crippen molar-refractivity contribution in [2.45, 2.75) is 58.8 Å². The predicted molar refractivity (Wildman–Crippen MR) is 446 cm³/mol. The van der Waals surface area contributed by atoms with Crippen molar-refractivity contribution < 1.29 is 4.42 Å². The number of furan rings is 1. The average molecular weight is 1330 g/mol. The van der Waals surface area contributed by atoms with Gasteiger partial charge in [0, 0.05) is 67.8 Å². The number of nitrogens with zero attached hydrogens (tertiary/aromatic N) is 3. The first kappa shape index (κ1) is 59.3. The third-order valence-electron chi connectivity index (χ3n) is 23.6. The van der Waals surface area contributed by atoms with Crippen molar-refractivity contribution in [1.82, 2.24) is 4.57 Å². The van der Waals surface area contributed by atoms with Crippen molar-refractivity contribution in [2.24, 2.45) is 0 Å². The maximum Gasteiger partial charge on any atom is 0.252 e. The third-order valence-corrected chi connectivity index (χ3v) is 23.6. The molecule has 0 amide bonds. The average Bonchev–Trinajstić information content (AvgIpc) is 0.705. The van der Waals surface area contributed by atoms with E-state index < -0.39 is 0 Å². The zero-order chi connectivity index (χ0) is 69.2. The summed E-state index contributed by atoms with van der Waals surface area (Å²) in [6, 6.07) is 116. The summed E-state index contributed by atoms with van der Waals surface area (Å²) < 4.78 is 9.54. The Morgan fingerprint density at radius 3 is 1.12 bits per heavy atom. The standard InChI is InChI=1S/C99H70BN3O/c1-98(2,3)60-38-46-89-85(51-60)86-52-61(99(4,5)6)39-47-90(86)101(89)64-42-45-87-91(55-64)102(62-40-43-77-71-29-9-7-23-65(71)67-25-11-15-31-73(67)81(77)53-62)93-49-58(48-59-22-21-36-80-79-35-19-20-37-95(79)104-97(59)80)50-94-96(93)100(87)88-56-83-75-33-17-13-27-69(75)70-28-14-18-34-76(70)84(83)57-92(88)103(94)63-41-44-78-72-30-10-8-24-66(72)68-26-12-16-32-74(68)82(78)54-63/h7-47,49-57H,48H2,1-6H3. The summed E-state index contributed by atoms with van der Waals surface area (Å²) in [5, 5.41) is 27.2. The molecule has 0 saturated heterocycles. The van der Waals surface area contributed by atoms with Crippen molar-refractivity contribution in [3.63, 3.8) is 0 Å². The normalized spacial score (nSPS) is 13.3. The van der Waals surface area contributed by atoms with Gasteiger partial charge in [-0.15, -0.1) is 0 Å². The predicted octanol–water partition coefficient (Wildman–Crippen LogP) is 25.3. The smallest absolute Gasteiger partial charge is 0.252 e. The molecule has 2 aliphatic heterocycles. The fourth-order valence-electron chi connectivity index (χ4n) is 18.7. The first-order valence-electron chi connectivity index (χ1n) is 36.8. The van der Waals surface area contributed by atoms with Crippen molar-refractivity contribution in [3.05, 3.63) is 326 Å². The lowest BCUT2D eigenvalue weighted by Gasteiger charge is -2.45. The van der Waals surface area contributed by atoms with Crippen molar-refractivity contribution >= 4 is 198 Å². The molecule has 2 aliphatic rings. The highest BCUT2D eigenvalue weighted by Crippen LogP contribution is 2.51. The molecule has 18 aromatic carbocycles. The van der Waals surface area contributed by atoms with E-state index in [1.165, 1.54) is 158 Å². The Bertz CT molecular complexity index is 7060. The van der Waals surface area contributed by atoms with Crippen LogP contribution in [0.15, 0.2) is 308 Å². The lowest BCUT2D eigenvalue weighted by molar-refractivity contribution is 0.590. The van der Waals surface area contributed by atoms with E-state index in [-0.39, 0.29) is 17.5 Å². The summed E-state index contributed by atoms with van der Waals surface area (Å²) in [6.45, 7) is 13.8. The van der Waals surface area contributed by atoms with Crippen LogP contribution >= 0.6 is 0 Å². The Labute approximate surface area is 602 Å². The fourth-order valence-corrected chi connectivity index (χ4v) is 18.7. The van der Waals surface area contributed by atoms with E-state index in [0.717, 1.165) is 61.6 Å². The Morgan fingerprint density at radius 2 is 0.663 bits per heavy atom. The van der Waals surface area contributed by atoms with E-state index in [1.807, 2.05) is 0 Å². The highest BCUT2D eigenvalue weighted by atomic mass is 16.3. The van der Waals surface area contributed by atoms with Crippen LogP contribution in [0.3, 0.4) is 0 Å². The molecule has 0 atom stereocenters. The summed E-state index contributed by atoms with van der Waals surface area (Å²) in [4.78, 5) is 5.33. The number of rotatable bonds is 5. The van der Waals surface area contributed by atoms with Gasteiger partial charge in [-0.05, 0) is 231 Å². The van der Waals surface area contributed by atoms with Gasteiger partial charge in [-0.25, -0.2) is 0 Å². The molecule has 0 N–H and O–H groups in total. The van der Waals surface area contributed by atoms with Gasteiger partial charge in [-0.3, -0.25) is 0 Å². The van der Waals surface area contributed by atoms with Crippen LogP contribution < -0.4 is 26.2 Å². The number of aromatic nitrogens is 1.